The monoisotopic (exact) mass is 252 g/mol. The molecule has 0 atom stereocenters. The molecule has 0 aliphatic rings. The molecule has 0 spiro atoms. The minimum atomic E-state index is -0.0313. The second kappa shape index (κ2) is 5.89. The molecule has 0 aliphatic heterocycles. The zero-order chi connectivity index (χ0) is 13.8. The highest BCUT2D eigenvalue weighted by atomic mass is 16.4. The number of hydrogen-bond acceptors (Lipinski definition) is 3. The predicted molar refractivity (Wildman–Crippen MR) is 73.4 cm³/mol. The molecule has 1 aromatic rings. The molecule has 5 heteroatoms. The van der Waals surface area contributed by atoms with Gasteiger partial charge in [0.15, 0.2) is 5.96 Å². The van der Waals surface area contributed by atoms with Crippen LogP contribution in [-0.4, -0.2) is 17.5 Å². The van der Waals surface area contributed by atoms with E-state index in [9.17, 15) is 0 Å². The van der Waals surface area contributed by atoms with E-state index in [1.54, 1.807) is 6.20 Å². The SMILES string of the molecule is CC(C)CNC(N)=NCc1ncc(C(C)(C)C)o1. The molecule has 0 fully saturated rings. The summed E-state index contributed by atoms with van der Waals surface area (Å²) in [5.41, 5.74) is 5.70. The van der Waals surface area contributed by atoms with E-state index in [0.717, 1.165) is 12.3 Å². The molecule has 1 heterocycles. The normalized spacial score (nSPS) is 13.1. The van der Waals surface area contributed by atoms with Crippen molar-refractivity contribution in [2.45, 2.75) is 46.6 Å². The number of guanidine groups is 1. The third kappa shape index (κ3) is 4.77. The summed E-state index contributed by atoms with van der Waals surface area (Å²) in [5, 5.41) is 3.05. The number of aliphatic imine (C=N–C) groups is 1. The maximum absolute atomic E-state index is 5.73. The van der Waals surface area contributed by atoms with Gasteiger partial charge in [0.1, 0.15) is 12.3 Å². The third-order valence-electron chi connectivity index (χ3n) is 2.37. The van der Waals surface area contributed by atoms with E-state index >= 15 is 0 Å². The van der Waals surface area contributed by atoms with Crippen LogP contribution in [0, 0.1) is 5.92 Å². The number of oxazole rings is 1. The Morgan fingerprint density at radius 3 is 2.67 bits per heavy atom. The number of nitrogens with zero attached hydrogens (tertiary/aromatic N) is 2. The summed E-state index contributed by atoms with van der Waals surface area (Å²) in [4.78, 5) is 8.38. The van der Waals surface area contributed by atoms with Gasteiger partial charge in [-0.1, -0.05) is 34.6 Å². The first-order chi connectivity index (χ1) is 8.29. The van der Waals surface area contributed by atoms with E-state index < -0.39 is 0 Å². The Morgan fingerprint density at radius 2 is 2.17 bits per heavy atom. The first-order valence-corrected chi connectivity index (χ1v) is 6.28. The summed E-state index contributed by atoms with van der Waals surface area (Å²) in [6.45, 7) is 11.7. The van der Waals surface area contributed by atoms with Crippen molar-refractivity contribution in [3.8, 4) is 0 Å². The highest BCUT2D eigenvalue weighted by Gasteiger charge is 2.18. The molecule has 0 saturated heterocycles. The predicted octanol–water partition coefficient (Wildman–Crippen LogP) is 2.03. The van der Waals surface area contributed by atoms with Crippen molar-refractivity contribution in [1.82, 2.24) is 10.3 Å². The molecular formula is C13H24N4O. The van der Waals surface area contributed by atoms with Crippen molar-refractivity contribution in [3.05, 3.63) is 17.8 Å². The highest BCUT2D eigenvalue weighted by Crippen LogP contribution is 2.22. The van der Waals surface area contributed by atoms with Gasteiger partial charge < -0.3 is 15.5 Å². The maximum Gasteiger partial charge on any atom is 0.216 e. The van der Waals surface area contributed by atoms with Crippen LogP contribution in [0.4, 0.5) is 0 Å². The molecule has 3 N–H and O–H groups in total. The Kier molecular flexibility index (Phi) is 4.76. The Balaban J connectivity index is 2.53. The lowest BCUT2D eigenvalue weighted by Gasteiger charge is -2.12. The van der Waals surface area contributed by atoms with Gasteiger partial charge in [0.05, 0.1) is 6.20 Å². The van der Waals surface area contributed by atoms with Crippen LogP contribution in [0.3, 0.4) is 0 Å². The van der Waals surface area contributed by atoms with Gasteiger partial charge in [0.2, 0.25) is 5.89 Å². The van der Waals surface area contributed by atoms with E-state index in [4.69, 9.17) is 10.2 Å². The topological polar surface area (TPSA) is 76.4 Å². The molecule has 0 bridgehead atoms. The molecule has 0 aromatic carbocycles. The lowest BCUT2D eigenvalue weighted by Crippen LogP contribution is -2.34. The molecule has 102 valence electrons. The second-order valence-corrected chi connectivity index (χ2v) is 5.84. The van der Waals surface area contributed by atoms with E-state index in [2.05, 4.69) is 49.9 Å². The molecular weight excluding hydrogens is 228 g/mol. The summed E-state index contributed by atoms with van der Waals surface area (Å²) in [6.07, 6.45) is 1.75. The smallest absolute Gasteiger partial charge is 0.216 e. The number of nitrogens with one attached hydrogen (secondary N) is 1. The van der Waals surface area contributed by atoms with E-state index in [1.165, 1.54) is 0 Å². The summed E-state index contributed by atoms with van der Waals surface area (Å²) in [5.74, 6) is 2.42. The van der Waals surface area contributed by atoms with Crippen molar-refractivity contribution < 1.29 is 4.42 Å². The van der Waals surface area contributed by atoms with Crippen LogP contribution in [-0.2, 0) is 12.0 Å². The number of nitrogens with two attached hydrogens (primary N) is 1. The van der Waals surface area contributed by atoms with Crippen molar-refractivity contribution >= 4 is 5.96 Å². The zero-order valence-electron chi connectivity index (χ0n) is 11.9. The van der Waals surface area contributed by atoms with Crippen molar-refractivity contribution in [1.29, 1.82) is 0 Å². The van der Waals surface area contributed by atoms with Crippen LogP contribution in [0.2, 0.25) is 0 Å². The number of aromatic nitrogens is 1. The second-order valence-electron chi connectivity index (χ2n) is 5.84. The quantitative estimate of drug-likeness (QED) is 0.635. The van der Waals surface area contributed by atoms with Crippen LogP contribution < -0.4 is 11.1 Å². The maximum atomic E-state index is 5.73. The Labute approximate surface area is 109 Å². The summed E-state index contributed by atoms with van der Waals surface area (Å²) in [7, 11) is 0. The van der Waals surface area contributed by atoms with Gasteiger partial charge in [-0.15, -0.1) is 0 Å². The molecule has 18 heavy (non-hydrogen) atoms. The Morgan fingerprint density at radius 1 is 1.50 bits per heavy atom. The van der Waals surface area contributed by atoms with Gasteiger partial charge in [-0.25, -0.2) is 9.98 Å². The molecule has 0 saturated carbocycles. The third-order valence-corrected chi connectivity index (χ3v) is 2.37. The minimum absolute atomic E-state index is 0.0313. The molecule has 0 aliphatic carbocycles. The van der Waals surface area contributed by atoms with Crippen molar-refractivity contribution in [2.24, 2.45) is 16.6 Å². The lowest BCUT2D eigenvalue weighted by atomic mass is 9.94. The summed E-state index contributed by atoms with van der Waals surface area (Å²) in [6, 6.07) is 0. The van der Waals surface area contributed by atoms with Gasteiger partial charge >= 0.3 is 0 Å². The number of rotatable bonds is 4. The first kappa shape index (κ1) is 14.5. The Hall–Kier alpha value is -1.52. The lowest BCUT2D eigenvalue weighted by molar-refractivity contribution is 0.383. The fourth-order valence-corrected chi connectivity index (χ4v) is 1.25. The highest BCUT2D eigenvalue weighted by molar-refractivity contribution is 5.77. The van der Waals surface area contributed by atoms with E-state index in [0.29, 0.717) is 24.3 Å². The summed E-state index contributed by atoms with van der Waals surface area (Å²) >= 11 is 0. The zero-order valence-corrected chi connectivity index (χ0v) is 11.9. The van der Waals surface area contributed by atoms with E-state index in [1.807, 2.05) is 0 Å². The average molecular weight is 252 g/mol. The molecule has 1 rings (SSSR count). The molecule has 0 unspecified atom stereocenters. The van der Waals surface area contributed by atoms with Gasteiger partial charge in [-0.05, 0) is 5.92 Å². The van der Waals surface area contributed by atoms with Crippen LogP contribution in [0.15, 0.2) is 15.6 Å². The molecule has 0 amide bonds. The van der Waals surface area contributed by atoms with E-state index in [-0.39, 0.29) is 5.41 Å². The van der Waals surface area contributed by atoms with Crippen LogP contribution in [0.25, 0.3) is 0 Å². The Bertz CT molecular complexity index is 401. The van der Waals surface area contributed by atoms with Gasteiger partial charge in [-0.2, -0.15) is 0 Å². The molecule has 1 aromatic heterocycles. The minimum Gasteiger partial charge on any atom is -0.443 e. The van der Waals surface area contributed by atoms with Crippen LogP contribution in [0.5, 0.6) is 0 Å². The summed E-state index contributed by atoms with van der Waals surface area (Å²) < 4.78 is 5.62. The van der Waals surface area contributed by atoms with Crippen LogP contribution >= 0.6 is 0 Å². The number of hydrogen-bond donors (Lipinski definition) is 2. The standard InChI is InChI=1S/C13H24N4O/c1-9(2)6-16-12(14)17-8-11-15-7-10(18-11)13(3,4)5/h7,9H,6,8H2,1-5H3,(H3,14,16,17). The first-order valence-electron chi connectivity index (χ1n) is 6.28. The van der Waals surface area contributed by atoms with Crippen LogP contribution in [0.1, 0.15) is 46.3 Å². The molecule has 0 radical (unpaired) electrons. The molecule has 5 nitrogen and oxygen atoms in total. The van der Waals surface area contributed by atoms with Gasteiger partial charge in [-0.3, -0.25) is 0 Å². The van der Waals surface area contributed by atoms with Gasteiger partial charge in [0, 0.05) is 12.0 Å². The largest absolute Gasteiger partial charge is 0.443 e. The van der Waals surface area contributed by atoms with Crippen molar-refractivity contribution in [3.63, 3.8) is 0 Å². The fraction of sp³-hybridized carbons (Fsp3) is 0.692. The average Bonchev–Trinajstić information content (AvgIpc) is 2.71. The fourth-order valence-electron chi connectivity index (χ4n) is 1.25. The van der Waals surface area contributed by atoms with Crippen molar-refractivity contribution in [2.75, 3.05) is 6.54 Å². The van der Waals surface area contributed by atoms with Gasteiger partial charge in [0.25, 0.3) is 0 Å².